The van der Waals surface area contributed by atoms with Gasteiger partial charge in [-0.15, -0.1) is 0 Å². The Morgan fingerprint density at radius 3 is 2.90 bits per heavy atom. The fraction of sp³-hybridized carbons (Fsp3) is 0.438. The van der Waals surface area contributed by atoms with Crippen molar-refractivity contribution in [1.29, 1.82) is 0 Å². The molecular weight excluding hydrogens is 254 g/mol. The molecule has 2 heterocycles. The molecule has 20 heavy (non-hydrogen) atoms. The SMILES string of the molecule is Cc1cc2c(cc1C)OC1(C=C2)CCN(CC(=O)O)C1. The second-order valence-corrected chi connectivity index (χ2v) is 5.83. The molecule has 1 fully saturated rings. The summed E-state index contributed by atoms with van der Waals surface area (Å²) >= 11 is 0. The first-order valence-electron chi connectivity index (χ1n) is 6.91. The van der Waals surface area contributed by atoms with Gasteiger partial charge in [-0.3, -0.25) is 9.69 Å². The number of fused-ring (bicyclic) bond motifs is 1. The van der Waals surface area contributed by atoms with Crippen LogP contribution in [0.15, 0.2) is 18.2 Å². The molecule has 1 N–H and O–H groups in total. The van der Waals surface area contributed by atoms with Crippen molar-refractivity contribution in [1.82, 2.24) is 4.90 Å². The summed E-state index contributed by atoms with van der Waals surface area (Å²) in [5.74, 6) is 0.126. The lowest BCUT2D eigenvalue weighted by molar-refractivity contribution is -0.138. The molecule has 3 rings (SSSR count). The number of carboxylic acid groups (broad SMARTS) is 1. The molecule has 0 aromatic heterocycles. The van der Waals surface area contributed by atoms with Crippen LogP contribution < -0.4 is 4.74 Å². The van der Waals surface area contributed by atoms with Crippen LogP contribution in [-0.2, 0) is 4.79 Å². The quantitative estimate of drug-likeness (QED) is 0.898. The molecule has 2 aliphatic heterocycles. The molecule has 0 amide bonds. The van der Waals surface area contributed by atoms with Gasteiger partial charge in [0.05, 0.1) is 6.54 Å². The molecule has 0 bridgehead atoms. The number of carbonyl (C=O) groups is 1. The minimum atomic E-state index is -0.784. The molecule has 0 aliphatic carbocycles. The van der Waals surface area contributed by atoms with E-state index in [1.165, 1.54) is 11.1 Å². The molecular formula is C16H19NO3. The van der Waals surface area contributed by atoms with E-state index in [4.69, 9.17) is 9.84 Å². The van der Waals surface area contributed by atoms with Crippen LogP contribution in [-0.4, -0.2) is 41.2 Å². The zero-order chi connectivity index (χ0) is 14.3. The van der Waals surface area contributed by atoms with Crippen LogP contribution in [0.5, 0.6) is 5.75 Å². The monoisotopic (exact) mass is 273 g/mol. The minimum absolute atomic E-state index is 0.0821. The highest BCUT2D eigenvalue weighted by Crippen LogP contribution is 2.37. The lowest BCUT2D eigenvalue weighted by atomic mass is 9.95. The molecule has 1 saturated heterocycles. The van der Waals surface area contributed by atoms with Gasteiger partial charge in [0.25, 0.3) is 0 Å². The number of hydrogen-bond acceptors (Lipinski definition) is 3. The number of rotatable bonds is 2. The lowest BCUT2D eigenvalue weighted by Gasteiger charge is -2.32. The van der Waals surface area contributed by atoms with Gasteiger partial charge >= 0.3 is 5.97 Å². The van der Waals surface area contributed by atoms with Gasteiger partial charge in [0.15, 0.2) is 0 Å². The summed E-state index contributed by atoms with van der Waals surface area (Å²) in [7, 11) is 0. The van der Waals surface area contributed by atoms with Gasteiger partial charge in [-0.2, -0.15) is 0 Å². The predicted octanol–water partition coefficient (Wildman–Crippen LogP) is 2.24. The van der Waals surface area contributed by atoms with Crippen LogP contribution in [0.4, 0.5) is 0 Å². The highest BCUT2D eigenvalue weighted by molar-refractivity contribution is 5.69. The van der Waals surface area contributed by atoms with Crippen LogP contribution in [0, 0.1) is 13.8 Å². The maximum Gasteiger partial charge on any atom is 0.317 e. The maximum absolute atomic E-state index is 10.8. The van der Waals surface area contributed by atoms with Crippen molar-refractivity contribution < 1.29 is 14.6 Å². The van der Waals surface area contributed by atoms with Crippen molar-refractivity contribution in [2.75, 3.05) is 19.6 Å². The topological polar surface area (TPSA) is 49.8 Å². The third-order valence-corrected chi connectivity index (χ3v) is 4.21. The van der Waals surface area contributed by atoms with Crippen molar-refractivity contribution in [3.8, 4) is 5.75 Å². The molecule has 4 nitrogen and oxygen atoms in total. The van der Waals surface area contributed by atoms with E-state index in [9.17, 15) is 4.79 Å². The second-order valence-electron chi connectivity index (χ2n) is 5.83. The summed E-state index contributed by atoms with van der Waals surface area (Å²) in [5, 5.41) is 8.88. The van der Waals surface area contributed by atoms with Crippen molar-refractivity contribution >= 4 is 12.0 Å². The van der Waals surface area contributed by atoms with E-state index in [1.807, 2.05) is 4.90 Å². The van der Waals surface area contributed by atoms with E-state index in [1.54, 1.807) is 0 Å². The van der Waals surface area contributed by atoms with Gasteiger partial charge in [0.2, 0.25) is 0 Å². The highest BCUT2D eigenvalue weighted by atomic mass is 16.5. The van der Waals surface area contributed by atoms with E-state index in [-0.39, 0.29) is 12.1 Å². The Bertz CT molecular complexity index is 594. The standard InChI is InChI=1S/C16H19NO3/c1-11-7-13-3-4-16(20-14(13)8-12(11)2)5-6-17(10-16)9-15(18)19/h3-4,7-8H,5-6,9-10H2,1-2H3,(H,18,19). The molecule has 0 saturated carbocycles. The van der Waals surface area contributed by atoms with Crippen molar-refractivity contribution in [3.05, 3.63) is 34.9 Å². The Morgan fingerprint density at radius 2 is 2.15 bits per heavy atom. The molecule has 106 valence electrons. The molecule has 0 radical (unpaired) electrons. The Labute approximate surface area is 118 Å². The summed E-state index contributed by atoms with van der Waals surface area (Å²) in [4.78, 5) is 12.7. The van der Waals surface area contributed by atoms with E-state index in [0.29, 0.717) is 6.54 Å². The van der Waals surface area contributed by atoms with Crippen LogP contribution in [0.3, 0.4) is 0 Å². The summed E-state index contributed by atoms with van der Waals surface area (Å²) in [5.41, 5.74) is 3.22. The van der Waals surface area contributed by atoms with Gasteiger partial charge in [0, 0.05) is 25.1 Å². The number of nitrogens with zero attached hydrogens (tertiary/aromatic N) is 1. The van der Waals surface area contributed by atoms with E-state index < -0.39 is 5.97 Å². The van der Waals surface area contributed by atoms with Gasteiger partial charge < -0.3 is 9.84 Å². The number of carboxylic acids is 1. The Morgan fingerprint density at radius 1 is 1.40 bits per heavy atom. The highest BCUT2D eigenvalue weighted by Gasteiger charge is 2.40. The summed E-state index contributed by atoms with van der Waals surface area (Å²) in [6.45, 7) is 5.66. The number of hydrogen-bond donors (Lipinski definition) is 1. The van der Waals surface area contributed by atoms with Crippen LogP contribution in [0.2, 0.25) is 0 Å². The zero-order valence-corrected chi connectivity index (χ0v) is 11.8. The largest absolute Gasteiger partial charge is 0.481 e. The first kappa shape index (κ1) is 13.2. The van der Waals surface area contributed by atoms with Crippen LogP contribution in [0.1, 0.15) is 23.1 Å². The maximum atomic E-state index is 10.8. The third kappa shape index (κ3) is 2.31. The van der Waals surface area contributed by atoms with Gasteiger partial charge in [-0.25, -0.2) is 0 Å². The zero-order valence-electron chi connectivity index (χ0n) is 11.8. The molecule has 1 unspecified atom stereocenters. The lowest BCUT2D eigenvalue weighted by Crippen LogP contribution is -2.40. The first-order valence-corrected chi connectivity index (χ1v) is 6.91. The van der Waals surface area contributed by atoms with E-state index in [0.717, 1.165) is 24.3 Å². The minimum Gasteiger partial charge on any atom is -0.481 e. The van der Waals surface area contributed by atoms with Gasteiger partial charge in [0.1, 0.15) is 11.4 Å². The van der Waals surface area contributed by atoms with Crippen molar-refractivity contribution in [3.63, 3.8) is 0 Å². The third-order valence-electron chi connectivity index (χ3n) is 4.21. The fourth-order valence-corrected chi connectivity index (χ4v) is 2.95. The van der Waals surface area contributed by atoms with Crippen molar-refractivity contribution in [2.24, 2.45) is 0 Å². The molecule has 1 aromatic rings. The first-order chi connectivity index (χ1) is 9.47. The molecule has 2 aliphatic rings. The van der Waals surface area contributed by atoms with Gasteiger partial charge in [-0.05, 0) is 43.2 Å². The smallest absolute Gasteiger partial charge is 0.317 e. The van der Waals surface area contributed by atoms with Crippen LogP contribution in [0.25, 0.3) is 6.08 Å². The average Bonchev–Trinajstić information content (AvgIpc) is 2.73. The normalized spacial score (nSPS) is 24.7. The number of benzene rings is 1. The number of likely N-dealkylation sites (tertiary alicyclic amines) is 1. The number of ether oxygens (including phenoxy) is 1. The Hall–Kier alpha value is -1.81. The summed E-state index contributed by atoms with van der Waals surface area (Å²) in [6.07, 6.45) is 5.03. The van der Waals surface area contributed by atoms with E-state index >= 15 is 0 Å². The number of aliphatic carboxylic acids is 1. The fourth-order valence-electron chi connectivity index (χ4n) is 2.95. The summed E-state index contributed by atoms with van der Waals surface area (Å²) in [6, 6.07) is 4.22. The molecule has 1 aromatic carbocycles. The van der Waals surface area contributed by atoms with Crippen molar-refractivity contribution in [2.45, 2.75) is 25.9 Å². The summed E-state index contributed by atoms with van der Waals surface area (Å²) < 4.78 is 6.21. The Balaban J connectivity index is 1.83. The van der Waals surface area contributed by atoms with E-state index in [2.05, 4.69) is 38.1 Å². The molecule has 1 spiro atoms. The molecule has 1 atom stereocenters. The average molecular weight is 273 g/mol. The van der Waals surface area contributed by atoms with Crippen LogP contribution >= 0.6 is 0 Å². The second kappa shape index (κ2) is 4.63. The predicted molar refractivity (Wildman–Crippen MR) is 77.0 cm³/mol. The Kier molecular flexibility index (Phi) is 3.05. The number of aryl methyl sites for hydroxylation is 2. The van der Waals surface area contributed by atoms with Gasteiger partial charge in [-0.1, -0.05) is 6.08 Å². The molecule has 4 heteroatoms.